The van der Waals surface area contributed by atoms with Gasteiger partial charge in [0.05, 0.1) is 0 Å². The predicted molar refractivity (Wildman–Crippen MR) is 94.9 cm³/mol. The molecule has 5 heteroatoms. The Labute approximate surface area is 139 Å². The van der Waals surface area contributed by atoms with Gasteiger partial charge in [-0.1, -0.05) is 0 Å². The Kier molecular flexibility index (Phi) is 5.74. The highest BCUT2D eigenvalue weighted by Crippen LogP contribution is 2.26. The van der Waals surface area contributed by atoms with Crippen LogP contribution >= 0.6 is 0 Å². The molecule has 1 aliphatic heterocycles. The van der Waals surface area contributed by atoms with E-state index in [2.05, 4.69) is 16.3 Å². The molecule has 0 saturated carbocycles. The van der Waals surface area contributed by atoms with E-state index in [1.807, 2.05) is 32.9 Å². The molecule has 0 aliphatic carbocycles. The highest BCUT2D eigenvalue weighted by molar-refractivity contribution is 5.68. The molecule has 1 aliphatic rings. The summed E-state index contributed by atoms with van der Waals surface area (Å²) in [4.78, 5) is 14.2. The molecule has 1 saturated heterocycles. The van der Waals surface area contributed by atoms with E-state index < -0.39 is 5.60 Å². The molecule has 128 valence electrons. The van der Waals surface area contributed by atoms with Crippen LogP contribution in [0, 0.1) is 0 Å². The van der Waals surface area contributed by atoms with Crippen molar-refractivity contribution in [2.45, 2.75) is 52.1 Å². The van der Waals surface area contributed by atoms with Gasteiger partial charge in [0.1, 0.15) is 5.60 Å². The quantitative estimate of drug-likeness (QED) is 0.835. The smallest absolute Gasteiger partial charge is 0.407 e. The molecule has 1 amide bonds. The molecule has 0 bridgehead atoms. The normalized spacial score (nSPS) is 15.3. The van der Waals surface area contributed by atoms with Crippen LogP contribution in [0.15, 0.2) is 18.2 Å². The summed E-state index contributed by atoms with van der Waals surface area (Å²) < 4.78 is 5.26. The van der Waals surface area contributed by atoms with E-state index in [1.165, 1.54) is 30.5 Å². The van der Waals surface area contributed by atoms with Crippen molar-refractivity contribution in [3.05, 3.63) is 23.8 Å². The number of hydrogen-bond acceptors (Lipinski definition) is 4. The zero-order valence-electron chi connectivity index (χ0n) is 14.5. The average molecular weight is 319 g/mol. The molecular formula is C18H29N3O2. The first kappa shape index (κ1) is 17.4. The first-order valence-corrected chi connectivity index (χ1v) is 8.45. The van der Waals surface area contributed by atoms with E-state index in [0.717, 1.165) is 25.2 Å². The second-order valence-corrected chi connectivity index (χ2v) is 7.11. The third kappa shape index (κ3) is 5.66. The summed E-state index contributed by atoms with van der Waals surface area (Å²) in [6.07, 6.45) is 4.15. The number of alkyl carbamates (subject to hydrolysis) is 1. The SMILES string of the molecule is CC(C)(C)OC(=O)NCCc1cc(N)ccc1N1CCCCC1. The van der Waals surface area contributed by atoms with Crippen LogP contribution in [0.25, 0.3) is 0 Å². The molecule has 0 radical (unpaired) electrons. The molecule has 5 nitrogen and oxygen atoms in total. The minimum atomic E-state index is -0.472. The summed E-state index contributed by atoms with van der Waals surface area (Å²) in [6, 6.07) is 6.07. The number of ether oxygens (including phenoxy) is 1. The monoisotopic (exact) mass is 319 g/mol. The number of carbonyl (C=O) groups is 1. The van der Waals surface area contributed by atoms with E-state index in [0.29, 0.717) is 6.54 Å². The van der Waals surface area contributed by atoms with Gasteiger partial charge >= 0.3 is 6.09 Å². The second-order valence-electron chi connectivity index (χ2n) is 7.11. The second kappa shape index (κ2) is 7.57. The number of piperidine rings is 1. The fraction of sp³-hybridized carbons (Fsp3) is 0.611. The molecular weight excluding hydrogens is 290 g/mol. The largest absolute Gasteiger partial charge is 0.444 e. The Balaban J connectivity index is 1.96. The van der Waals surface area contributed by atoms with Crippen molar-refractivity contribution in [3.8, 4) is 0 Å². The molecule has 2 rings (SSSR count). The first-order chi connectivity index (χ1) is 10.8. The van der Waals surface area contributed by atoms with Gasteiger partial charge in [-0.15, -0.1) is 0 Å². The van der Waals surface area contributed by atoms with E-state index in [-0.39, 0.29) is 6.09 Å². The maximum atomic E-state index is 11.7. The minimum absolute atomic E-state index is 0.374. The number of anilines is 2. The first-order valence-electron chi connectivity index (χ1n) is 8.45. The molecule has 0 aromatic heterocycles. The van der Waals surface area contributed by atoms with E-state index >= 15 is 0 Å². The zero-order valence-corrected chi connectivity index (χ0v) is 14.5. The van der Waals surface area contributed by atoms with Gasteiger partial charge in [-0.05, 0) is 70.2 Å². The van der Waals surface area contributed by atoms with Crippen LogP contribution < -0.4 is 16.0 Å². The molecule has 23 heavy (non-hydrogen) atoms. The molecule has 3 N–H and O–H groups in total. The molecule has 1 aromatic carbocycles. The molecule has 0 unspecified atom stereocenters. The van der Waals surface area contributed by atoms with Crippen LogP contribution in [0.5, 0.6) is 0 Å². The summed E-state index contributed by atoms with van der Waals surface area (Å²) in [6.45, 7) is 8.31. The number of nitrogens with one attached hydrogen (secondary N) is 1. The lowest BCUT2D eigenvalue weighted by atomic mass is 10.0. The maximum Gasteiger partial charge on any atom is 0.407 e. The van der Waals surface area contributed by atoms with E-state index in [1.54, 1.807) is 0 Å². The maximum absolute atomic E-state index is 11.7. The van der Waals surface area contributed by atoms with Crippen molar-refractivity contribution >= 4 is 17.5 Å². The zero-order chi connectivity index (χ0) is 16.9. The van der Waals surface area contributed by atoms with Crippen molar-refractivity contribution in [3.63, 3.8) is 0 Å². The summed E-state index contributed by atoms with van der Waals surface area (Å²) >= 11 is 0. The summed E-state index contributed by atoms with van der Waals surface area (Å²) in [5.41, 5.74) is 8.66. The Hall–Kier alpha value is -1.91. The average Bonchev–Trinajstić information content (AvgIpc) is 2.46. The summed E-state index contributed by atoms with van der Waals surface area (Å²) in [5.74, 6) is 0. The summed E-state index contributed by atoms with van der Waals surface area (Å²) in [7, 11) is 0. The fourth-order valence-corrected chi connectivity index (χ4v) is 2.86. The Morgan fingerprint density at radius 3 is 2.61 bits per heavy atom. The van der Waals surface area contributed by atoms with Crippen molar-refractivity contribution in [1.29, 1.82) is 0 Å². The number of nitrogens with zero attached hydrogens (tertiary/aromatic N) is 1. The predicted octanol–water partition coefficient (Wildman–Crippen LogP) is 3.33. The third-order valence-corrected chi connectivity index (χ3v) is 3.86. The topological polar surface area (TPSA) is 67.6 Å². The van der Waals surface area contributed by atoms with Gasteiger partial charge < -0.3 is 20.7 Å². The Bertz CT molecular complexity index is 532. The Morgan fingerprint density at radius 2 is 1.96 bits per heavy atom. The Morgan fingerprint density at radius 1 is 1.26 bits per heavy atom. The van der Waals surface area contributed by atoms with Gasteiger partial charge in [-0.3, -0.25) is 0 Å². The van der Waals surface area contributed by atoms with Crippen molar-refractivity contribution in [2.75, 3.05) is 30.3 Å². The van der Waals surface area contributed by atoms with Crippen LogP contribution in [0.1, 0.15) is 45.6 Å². The van der Waals surface area contributed by atoms with Gasteiger partial charge in [0, 0.05) is 31.0 Å². The number of rotatable bonds is 4. The lowest BCUT2D eigenvalue weighted by molar-refractivity contribution is 0.0528. The number of amides is 1. The van der Waals surface area contributed by atoms with Crippen LogP contribution in [0.2, 0.25) is 0 Å². The van der Waals surface area contributed by atoms with Gasteiger partial charge in [-0.2, -0.15) is 0 Å². The van der Waals surface area contributed by atoms with Gasteiger partial charge in [0.2, 0.25) is 0 Å². The number of hydrogen-bond donors (Lipinski definition) is 2. The number of benzene rings is 1. The lowest BCUT2D eigenvalue weighted by Gasteiger charge is -2.31. The van der Waals surface area contributed by atoms with Crippen molar-refractivity contribution in [2.24, 2.45) is 0 Å². The van der Waals surface area contributed by atoms with E-state index in [9.17, 15) is 4.79 Å². The molecule has 1 fully saturated rings. The molecule has 1 aromatic rings. The van der Waals surface area contributed by atoms with Gasteiger partial charge in [0.25, 0.3) is 0 Å². The minimum Gasteiger partial charge on any atom is -0.444 e. The fourth-order valence-electron chi connectivity index (χ4n) is 2.86. The number of nitrogens with two attached hydrogens (primary N) is 1. The molecule has 0 spiro atoms. The number of nitrogen functional groups attached to an aromatic ring is 1. The standard InChI is InChI=1S/C18H29N3O2/c1-18(2,3)23-17(22)20-10-9-14-13-15(19)7-8-16(14)21-11-5-4-6-12-21/h7-8,13H,4-6,9-12,19H2,1-3H3,(H,20,22). The highest BCUT2D eigenvalue weighted by atomic mass is 16.6. The van der Waals surface area contributed by atoms with Crippen molar-refractivity contribution < 1.29 is 9.53 Å². The van der Waals surface area contributed by atoms with Crippen LogP contribution in [-0.2, 0) is 11.2 Å². The van der Waals surface area contributed by atoms with Crippen LogP contribution in [0.4, 0.5) is 16.2 Å². The number of carbonyl (C=O) groups excluding carboxylic acids is 1. The van der Waals surface area contributed by atoms with Crippen molar-refractivity contribution in [1.82, 2.24) is 5.32 Å². The summed E-state index contributed by atoms with van der Waals surface area (Å²) in [5, 5.41) is 2.82. The third-order valence-electron chi connectivity index (χ3n) is 3.86. The highest BCUT2D eigenvalue weighted by Gasteiger charge is 2.17. The lowest BCUT2D eigenvalue weighted by Crippen LogP contribution is -2.34. The van der Waals surface area contributed by atoms with E-state index in [4.69, 9.17) is 10.5 Å². The molecule has 1 heterocycles. The van der Waals surface area contributed by atoms with Gasteiger partial charge in [-0.25, -0.2) is 4.79 Å². The van der Waals surface area contributed by atoms with Gasteiger partial charge in [0.15, 0.2) is 0 Å². The van der Waals surface area contributed by atoms with Crippen LogP contribution in [-0.4, -0.2) is 31.3 Å². The molecule has 0 atom stereocenters. The van der Waals surface area contributed by atoms with Crippen LogP contribution in [0.3, 0.4) is 0 Å².